The molecule has 1 unspecified atom stereocenters. The van der Waals surface area contributed by atoms with Gasteiger partial charge in [-0.05, 0) is 25.6 Å². The van der Waals surface area contributed by atoms with E-state index in [9.17, 15) is 39.9 Å². The molecule has 4 aliphatic rings. The SMILES string of the molecule is C[C@H]1C2=CC(Br)CC(=O)C2=C(O)C2=C(O)[C@]3(O)C(O)=C(C(N)=O)C(=O)[C@@H](N(C)C)[C@@H]3[C@@H](O)[C@@H]21. The number of hydrogen-bond donors (Lipinski definition) is 6. The zero-order chi connectivity index (χ0) is 24.7. The lowest BCUT2D eigenvalue weighted by Gasteiger charge is -2.54. The molecule has 0 bridgehead atoms. The van der Waals surface area contributed by atoms with Crippen molar-refractivity contribution in [1.29, 1.82) is 0 Å². The van der Waals surface area contributed by atoms with Gasteiger partial charge >= 0.3 is 0 Å². The number of rotatable bonds is 2. The van der Waals surface area contributed by atoms with Crippen molar-refractivity contribution in [2.24, 2.45) is 23.5 Å². The quantitative estimate of drug-likeness (QED) is 0.215. The summed E-state index contributed by atoms with van der Waals surface area (Å²) >= 11 is 3.38. The van der Waals surface area contributed by atoms with Crippen LogP contribution in [0.3, 0.4) is 0 Å². The average Bonchev–Trinajstić information content (AvgIpc) is 2.70. The molecule has 0 aromatic carbocycles. The average molecular weight is 525 g/mol. The second kappa shape index (κ2) is 7.52. The highest BCUT2D eigenvalue weighted by molar-refractivity contribution is 9.09. The van der Waals surface area contributed by atoms with Gasteiger partial charge in [0, 0.05) is 22.7 Å². The Bertz CT molecular complexity index is 1120. The lowest BCUT2D eigenvalue weighted by Crippen LogP contribution is -2.67. The first kappa shape index (κ1) is 23.7. The first-order valence-corrected chi connectivity index (χ1v) is 11.3. The van der Waals surface area contributed by atoms with E-state index in [4.69, 9.17) is 5.73 Å². The summed E-state index contributed by atoms with van der Waals surface area (Å²) in [5.41, 5.74) is 1.69. The molecule has 0 spiro atoms. The number of carbonyl (C=O) groups excluding carboxylic acids is 3. The fraction of sp³-hybridized carbons (Fsp3) is 0.500. The largest absolute Gasteiger partial charge is 0.508 e. The zero-order valence-corrected chi connectivity index (χ0v) is 19.7. The number of halogens is 1. The fourth-order valence-electron chi connectivity index (χ4n) is 5.83. The summed E-state index contributed by atoms with van der Waals surface area (Å²) in [6.07, 6.45) is 0.230. The maximum atomic E-state index is 13.1. The third-order valence-electron chi connectivity index (χ3n) is 7.25. The van der Waals surface area contributed by atoms with Gasteiger partial charge in [-0.2, -0.15) is 0 Å². The smallest absolute Gasteiger partial charge is 0.255 e. The minimum Gasteiger partial charge on any atom is -0.508 e. The predicted octanol–water partition coefficient (Wildman–Crippen LogP) is 0.0713. The second-order valence-corrected chi connectivity index (χ2v) is 10.4. The number of aliphatic hydroxyl groups excluding tert-OH is 4. The molecule has 7 N–H and O–H groups in total. The summed E-state index contributed by atoms with van der Waals surface area (Å²) in [6, 6.07) is -1.34. The molecule has 0 fully saturated rings. The third kappa shape index (κ3) is 2.92. The van der Waals surface area contributed by atoms with Crippen LogP contribution in [0.5, 0.6) is 0 Å². The Labute approximate surface area is 197 Å². The number of nitrogens with zero attached hydrogens (tertiary/aromatic N) is 1. The van der Waals surface area contributed by atoms with Crippen molar-refractivity contribution < 1.29 is 39.9 Å². The lowest BCUT2D eigenvalue weighted by molar-refractivity contribution is -0.153. The van der Waals surface area contributed by atoms with Crippen LogP contribution in [0.15, 0.2) is 45.6 Å². The van der Waals surface area contributed by atoms with Gasteiger partial charge in [0.15, 0.2) is 17.2 Å². The van der Waals surface area contributed by atoms with E-state index in [1.807, 2.05) is 0 Å². The van der Waals surface area contributed by atoms with Crippen molar-refractivity contribution in [2.45, 2.75) is 35.9 Å². The number of aliphatic hydroxyl groups is 5. The van der Waals surface area contributed by atoms with Crippen LogP contribution in [0, 0.1) is 17.8 Å². The molecule has 178 valence electrons. The Morgan fingerprint density at radius 2 is 1.82 bits per heavy atom. The Morgan fingerprint density at radius 3 is 2.36 bits per heavy atom. The van der Waals surface area contributed by atoms with Gasteiger partial charge < -0.3 is 31.3 Å². The molecule has 0 saturated carbocycles. The van der Waals surface area contributed by atoms with Crippen molar-refractivity contribution in [2.75, 3.05) is 14.1 Å². The molecule has 0 radical (unpaired) electrons. The van der Waals surface area contributed by atoms with Crippen LogP contribution in [0.25, 0.3) is 0 Å². The van der Waals surface area contributed by atoms with Crippen LogP contribution in [-0.2, 0) is 14.4 Å². The summed E-state index contributed by atoms with van der Waals surface area (Å²) in [7, 11) is 2.95. The highest BCUT2D eigenvalue weighted by Gasteiger charge is 2.66. The highest BCUT2D eigenvalue weighted by Crippen LogP contribution is 2.56. The van der Waals surface area contributed by atoms with Crippen LogP contribution in [0.2, 0.25) is 0 Å². The van der Waals surface area contributed by atoms with Crippen LogP contribution < -0.4 is 5.73 Å². The van der Waals surface area contributed by atoms with E-state index in [1.165, 1.54) is 19.0 Å². The van der Waals surface area contributed by atoms with Gasteiger partial charge in [0.2, 0.25) is 0 Å². The number of fused-ring (bicyclic) bond motifs is 3. The first-order chi connectivity index (χ1) is 15.3. The molecule has 0 heterocycles. The van der Waals surface area contributed by atoms with Crippen molar-refractivity contribution in [1.82, 2.24) is 4.90 Å². The fourth-order valence-corrected chi connectivity index (χ4v) is 6.41. The van der Waals surface area contributed by atoms with Crippen molar-refractivity contribution >= 4 is 33.4 Å². The minimum atomic E-state index is -2.80. The molecular weight excluding hydrogens is 500 g/mol. The number of allylic oxidation sites excluding steroid dienone is 4. The number of hydrogen-bond acceptors (Lipinski definition) is 9. The number of ketones is 2. The van der Waals surface area contributed by atoms with Crippen molar-refractivity contribution in [3.8, 4) is 0 Å². The number of carbonyl (C=O) groups is 3. The third-order valence-corrected chi connectivity index (χ3v) is 7.84. The van der Waals surface area contributed by atoms with Crippen LogP contribution in [-0.4, -0.2) is 84.6 Å². The standard InChI is InChI=1S/C22H25BrN2O8/c1-6-8-4-7(23)5-9(26)11(8)16(27)12-10(6)17(28)14-15(25(2)3)18(29)13(21(24)32)20(31)22(14,33)19(12)30/h4,6-7,10,14-15,17,27-28,30-31,33H,5H2,1-3H3,(H2,24,32)/t6-,7?,10+,14+,15-,17-,22-/m0/s1. The molecule has 1 amide bonds. The molecular formula is C22H25BrN2O8. The van der Waals surface area contributed by atoms with Gasteiger partial charge in [0.25, 0.3) is 5.91 Å². The van der Waals surface area contributed by atoms with Gasteiger partial charge in [-0.1, -0.05) is 28.9 Å². The zero-order valence-electron chi connectivity index (χ0n) is 18.1. The number of amides is 1. The van der Waals surface area contributed by atoms with Crippen LogP contribution in [0.1, 0.15) is 13.3 Å². The Kier molecular flexibility index (Phi) is 5.40. The van der Waals surface area contributed by atoms with Crippen molar-refractivity contribution in [3.63, 3.8) is 0 Å². The van der Waals surface area contributed by atoms with Gasteiger partial charge in [0.1, 0.15) is 22.9 Å². The normalized spacial score (nSPS) is 38.8. The van der Waals surface area contributed by atoms with Crippen LogP contribution >= 0.6 is 15.9 Å². The molecule has 7 atom stereocenters. The number of nitrogens with two attached hydrogens (primary N) is 1. The molecule has 0 aromatic rings. The number of Topliss-reactive ketones (excluding diaryl/α,β-unsaturated/α-hetero) is 2. The summed E-state index contributed by atoms with van der Waals surface area (Å²) in [5.74, 6) is -8.52. The summed E-state index contributed by atoms with van der Waals surface area (Å²) in [5, 5.41) is 56.2. The molecule has 4 aliphatic carbocycles. The molecule has 33 heavy (non-hydrogen) atoms. The Morgan fingerprint density at radius 1 is 1.21 bits per heavy atom. The molecule has 11 heteroatoms. The Hall–Kier alpha value is -2.47. The van der Waals surface area contributed by atoms with Gasteiger partial charge in [-0.3, -0.25) is 19.3 Å². The highest BCUT2D eigenvalue weighted by atomic mass is 79.9. The van der Waals surface area contributed by atoms with E-state index in [2.05, 4.69) is 15.9 Å². The number of likely N-dealkylation sites (N-methyl/N-ethyl adjacent to an activating group) is 1. The predicted molar refractivity (Wildman–Crippen MR) is 118 cm³/mol. The minimum absolute atomic E-state index is 0.0418. The van der Waals surface area contributed by atoms with E-state index < -0.39 is 75.8 Å². The Balaban J connectivity index is 2.10. The second-order valence-electron chi connectivity index (χ2n) is 9.21. The molecule has 0 aromatic heterocycles. The molecule has 10 nitrogen and oxygen atoms in total. The van der Waals surface area contributed by atoms with E-state index in [0.29, 0.717) is 5.57 Å². The maximum absolute atomic E-state index is 13.1. The van der Waals surface area contributed by atoms with E-state index in [0.717, 1.165) is 0 Å². The van der Waals surface area contributed by atoms with E-state index in [1.54, 1.807) is 13.0 Å². The van der Waals surface area contributed by atoms with Crippen LogP contribution in [0.4, 0.5) is 0 Å². The molecule has 0 saturated heterocycles. The first-order valence-electron chi connectivity index (χ1n) is 10.4. The van der Waals surface area contributed by atoms with E-state index in [-0.39, 0.29) is 22.4 Å². The van der Waals surface area contributed by atoms with Crippen molar-refractivity contribution in [3.05, 3.63) is 45.6 Å². The topological polar surface area (TPSA) is 182 Å². The van der Waals surface area contributed by atoms with Gasteiger partial charge in [0.05, 0.1) is 23.6 Å². The maximum Gasteiger partial charge on any atom is 0.255 e. The number of primary amides is 1. The number of alkyl halides is 1. The molecule has 0 aliphatic heterocycles. The summed E-state index contributed by atoms with van der Waals surface area (Å²) in [4.78, 5) is 38.9. The van der Waals surface area contributed by atoms with Gasteiger partial charge in [-0.15, -0.1) is 0 Å². The monoisotopic (exact) mass is 524 g/mol. The van der Waals surface area contributed by atoms with Gasteiger partial charge in [-0.25, -0.2) is 0 Å². The summed E-state index contributed by atoms with van der Waals surface area (Å²) < 4.78 is 0. The molecule has 4 rings (SSSR count). The summed E-state index contributed by atoms with van der Waals surface area (Å²) in [6.45, 7) is 1.70. The lowest BCUT2D eigenvalue weighted by atomic mass is 9.55. The van der Waals surface area contributed by atoms with E-state index >= 15 is 0 Å².